The predicted octanol–water partition coefficient (Wildman–Crippen LogP) is 3.83. The maximum Gasteiger partial charge on any atom is 0.270 e. The van der Waals surface area contributed by atoms with Gasteiger partial charge in [0.25, 0.3) is 5.91 Å². The highest BCUT2D eigenvalue weighted by Crippen LogP contribution is 2.36. The average molecular weight is 318 g/mol. The summed E-state index contributed by atoms with van der Waals surface area (Å²) in [5.74, 6) is 0.561. The molecule has 0 saturated carbocycles. The zero-order valence-corrected chi connectivity index (χ0v) is 11.9. The molecule has 19 heavy (non-hydrogen) atoms. The molecule has 0 aromatic heterocycles. The molecule has 1 heterocycles. The number of carbonyl (C=O) groups excluding carboxylic acids is 1. The molecule has 1 amide bonds. The third-order valence-electron chi connectivity index (χ3n) is 3.15. The molecular weight excluding hydrogens is 306 g/mol. The monoisotopic (exact) mass is 317 g/mol. The first-order valence-corrected chi connectivity index (χ1v) is 6.77. The van der Waals surface area contributed by atoms with Gasteiger partial charge in [0, 0.05) is 10.0 Å². The molecule has 96 valence electrons. The van der Waals surface area contributed by atoms with Gasteiger partial charge in [-0.15, -0.1) is 0 Å². The van der Waals surface area contributed by atoms with Gasteiger partial charge in [-0.2, -0.15) is 0 Å². The van der Waals surface area contributed by atoms with Crippen LogP contribution in [-0.4, -0.2) is 5.91 Å². The van der Waals surface area contributed by atoms with Crippen molar-refractivity contribution in [3.63, 3.8) is 0 Å². The van der Waals surface area contributed by atoms with Crippen molar-refractivity contribution >= 4 is 27.5 Å². The SMILES string of the molecule is Cc1ccc(Br)cc1C1Oc2ccccc2NC1=O. The molecule has 3 nitrogen and oxygen atoms in total. The smallest absolute Gasteiger partial charge is 0.270 e. The summed E-state index contributed by atoms with van der Waals surface area (Å²) >= 11 is 3.43. The first-order chi connectivity index (χ1) is 9.15. The fourth-order valence-corrected chi connectivity index (χ4v) is 2.53. The van der Waals surface area contributed by atoms with E-state index in [2.05, 4.69) is 21.2 Å². The highest BCUT2D eigenvalue weighted by atomic mass is 79.9. The van der Waals surface area contributed by atoms with Crippen molar-refractivity contribution < 1.29 is 9.53 Å². The molecule has 1 unspecified atom stereocenters. The van der Waals surface area contributed by atoms with Crippen LogP contribution in [0.25, 0.3) is 0 Å². The number of para-hydroxylation sites is 2. The summed E-state index contributed by atoms with van der Waals surface area (Å²) in [6, 6.07) is 13.3. The van der Waals surface area contributed by atoms with E-state index in [4.69, 9.17) is 4.74 Å². The Kier molecular flexibility index (Phi) is 3.03. The molecule has 0 saturated heterocycles. The number of rotatable bonds is 1. The Hall–Kier alpha value is -1.81. The normalized spacial score (nSPS) is 17.4. The highest BCUT2D eigenvalue weighted by molar-refractivity contribution is 9.10. The Labute approximate surface area is 119 Å². The third kappa shape index (κ3) is 2.24. The van der Waals surface area contributed by atoms with Crippen molar-refractivity contribution in [3.8, 4) is 5.75 Å². The number of halogens is 1. The zero-order chi connectivity index (χ0) is 13.4. The molecule has 0 fully saturated rings. The third-order valence-corrected chi connectivity index (χ3v) is 3.64. The van der Waals surface area contributed by atoms with Crippen molar-refractivity contribution in [2.45, 2.75) is 13.0 Å². The van der Waals surface area contributed by atoms with E-state index < -0.39 is 6.10 Å². The van der Waals surface area contributed by atoms with Crippen LogP contribution in [0.4, 0.5) is 5.69 Å². The summed E-state index contributed by atoms with van der Waals surface area (Å²) in [7, 11) is 0. The van der Waals surface area contributed by atoms with Crippen LogP contribution in [0.2, 0.25) is 0 Å². The van der Waals surface area contributed by atoms with E-state index in [9.17, 15) is 4.79 Å². The fraction of sp³-hybridized carbons (Fsp3) is 0.133. The molecule has 0 spiro atoms. The predicted molar refractivity (Wildman–Crippen MR) is 77.3 cm³/mol. The van der Waals surface area contributed by atoms with E-state index in [0.717, 1.165) is 21.3 Å². The van der Waals surface area contributed by atoms with Crippen molar-refractivity contribution in [1.82, 2.24) is 0 Å². The van der Waals surface area contributed by atoms with Gasteiger partial charge in [0.2, 0.25) is 6.10 Å². The molecule has 1 atom stereocenters. The standard InChI is InChI=1S/C15H12BrNO2/c1-9-6-7-10(16)8-11(9)14-15(18)17-12-4-2-3-5-13(12)19-14/h2-8,14H,1H3,(H,17,18). The number of ether oxygens (including phenoxy) is 1. The lowest BCUT2D eigenvalue weighted by Gasteiger charge is -2.27. The summed E-state index contributed by atoms with van der Waals surface area (Å²) in [4.78, 5) is 12.2. The van der Waals surface area contributed by atoms with Gasteiger partial charge < -0.3 is 10.1 Å². The average Bonchev–Trinajstić information content (AvgIpc) is 2.41. The van der Waals surface area contributed by atoms with Crippen molar-refractivity contribution in [3.05, 3.63) is 58.1 Å². The number of hydrogen-bond donors (Lipinski definition) is 1. The van der Waals surface area contributed by atoms with Gasteiger partial charge in [-0.1, -0.05) is 34.1 Å². The van der Waals surface area contributed by atoms with E-state index in [0.29, 0.717) is 5.75 Å². The van der Waals surface area contributed by atoms with Crippen LogP contribution in [0.1, 0.15) is 17.2 Å². The first-order valence-electron chi connectivity index (χ1n) is 5.98. The van der Waals surface area contributed by atoms with Crippen LogP contribution >= 0.6 is 15.9 Å². The molecule has 1 aliphatic heterocycles. The Morgan fingerprint density at radius 1 is 1.21 bits per heavy atom. The summed E-state index contributed by atoms with van der Waals surface area (Å²) in [6.45, 7) is 1.97. The zero-order valence-electron chi connectivity index (χ0n) is 10.3. The van der Waals surface area contributed by atoms with Crippen molar-refractivity contribution in [1.29, 1.82) is 0 Å². The molecule has 0 bridgehead atoms. The Morgan fingerprint density at radius 2 is 2.00 bits per heavy atom. The number of benzene rings is 2. The number of nitrogens with one attached hydrogen (secondary N) is 1. The lowest BCUT2D eigenvalue weighted by atomic mass is 10.0. The van der Waals surface area contributed by atoms with Crippen molar-refractivity contribution in [2.24, 2.45) is 0 Å². The van der Waals surface area contributed by atoms with E-state index in [-0.39, 0.29) is 5.91 Å². The summed E-state index contributed by atoms with van der Waals surface area (Å²) in [6.07, 6.45) is -0.604. The maximum absolute atomic E-state index is 12.2. The fourth-order valence-electron chi connectivity index (χ4n) is 2.15. The van der Waals surface area contributed by atoms with Gasteiger partial charge in [0.15, 0.2) is 0 Å². The number of fused-ring (bicyclic) bond motifs is 1. The summed E-state index contributed by atoms with van der Waals surface area (Å²) < 4.78 is 6.77. The van der Waals surface area contributed by atoms with E-state index in [1.807, 2.05) is 49.4 Å². The first kappa shape index (κ1) is 12.2. The number of carbonyl (C=O) groups is 1. The Morgan fingerprint density at radius 3 is 2.84 bits per heavy atom. The van der Waals surface area contributed by atoms with Crippen LogP contribution < -0.4 is 10.1 Å². The van der Waals surface area contributed by atoms with Gasteiger partial charge in [0.1, 0.15) is 5.75 Å². The molecule has 4 heteroatoms. The number of amides is 1. The second-order valence-electron chi connectivity index (χ2n) is 4.48. The van der Waals surface area contributed by atoms with E-state index in [1.165, 1.54) is 0 Å². The van der Waals surface area contributed by atoms with Gasteiger partial charge in [0.05, 0.1) is 5.69 Å². The topological polar surface area (TPSA) is 38.3 Å². The molecule has 3 rings (SSSR count). The molecular formula is C15H12BrNO2. The van der Waals surface area contributed by atoms with E-state index >= 15 is 0 Å². The molecule has 0 radical (unpaired) electrons. The van der Waals surface area contributed by atoms with Gasteiger partial charge in [-0.25, -0.2) is 0 Å². The lowest BCUT2D eigenvalue weighted by Crippen LogP contribution is -2.30. The number of anilines is 1. The largest absolute Gasteiger partial charge is 0.474 e. The molecule has 1 aliphatic rings. The maximum atomic E-state index is 12.2. The second kappa shape index (κ2) is 4.70. The second-order valence-corrected chi connectivity index (χ2v) is 5.40. The molecule has 2 aromatic rings. The Balaban J connectivity index is 2.03. The van der Waals surface area contributed by atoms with Crippen LogP contribution in [0.3, 0.4) is 0 Å². The minimum atomic E-state index is -0.604. The quantitative estimate of drug-likeness (QED) is 0.868. The van der Waals surface area contributed by atoms with Crippen LogP contribution in [0.5, 0.6) is 5.75 Å². The molecule has 1 N–H and O–H groups in total. The van der Waals surface area contributed by atoms with Crippen LogP contribution in [-0.2, 0) is 4.79 Å². The van der Waals surface area contributed by atoms with Crippen LogP contribution in [0.15, 0.2) is 46.9 Å². The highest BCUT2D eigenvalue weighted by Gasteiger charge is 2.30. The van der Waals surface area contributed by atoms with Gasteiger partial charge in [-0.05, 0) is 36.8 Å². The van der Waals surface area contributed by atoms with Gasteiger partial charge in [-0.3, -0.25) is 4.79 Å². The summed E-state index contributed by atoms with van der Waals surface area (Å²) in [5, 5.41) is 2.88. The van der Waals surface area contributed by atoms with Crippen molar-refractivity contribution in [2.75, 3.05) is 5.32 Å². The van der Waals surface area contributed by atoms with E-state index in [1.54, 1.807) is 0 Å². The molecule has 2 aromatic carbocycles. The number of hydrogen-bond acceptors (Lipinski definition) is 2. The van der Waals surface area contributed by atoms with Crippen LogP contribution in [0, 0.1) is 6.92 Å². The summed E-state index contributed by atoms with van der Waals surface area (Å²) in [5.41, 5.74) is 2.63. The molecule has 0 aliphatic carbocycles. The number of aryl methyl sites for hydroxylation is 1. The Bertz CT molecular complexity index is 654. The van der Waals surface area contributed by atoms with Gasteiger partial charge >= 0.3 is 0 Å². The lowest BCUT2D eigenvalue weighted by molar-refractivity contribution is -0.123. The minimum absolute atomic E-state index is 0.139. The minimum Gasteiger partial charge on any atom is -0.474 e.